The Labute approximate surface area is 162 Å². The molecule has 0 saturated carbocycles. The molecule has 2 N–H and O–H groups in total. The summed E-state index contributed by atoms with van der Waals surface area (Å²) in [5.41, 5.74) is 1.01. The van der Waals surface area contributed by atoms with E-state index < -0.39 is 0 Å². The topological polar surface area (TPSA) is 70.7 Å². The highest BCUT2D eigenvalue weighted by Gasteiger charge is 2.29. The third kappa shape index (κ3) is 6.45. The summed E-state index contributed by atoms with van der Waals surface area (Å²) in [4.78, 5) is 26.7. The maximum Gasteiger partial charge on any atom is 0.317 e. The molecule has 0 spiro atoms. The van der Waals surface area contributed by atoms with Crippen molar-refractivity contribution in [2.75, 3.05) is 13.1 Å². The summed E-state index contributed by atoms with van der Waals surface area (Å²) in [7, 11) is 0. The lowest BCUT2D eigenvalue weighted by Crippen LogP contribution is -2.50. The minimum absolute atomic E-state index is 0.000252. The summed E-state index contributed by atoms with van der Waals surface area (Å²) < 4.78 is 5.73. The van der Waals surface area contributed by atoms with Crippen LogP contribution in [0.2, 0.25) is 0 Å². The van der Waals surface area contributed by atoms with E-state index in [-0.39, 0.29) is 36.0 Å². The van der Waals surface area contributed by atoms with Gasteiger partial charge >= 0.3 is 6.03 Å². The molecule has 1 aromatic rings. The van der Waals surface area contributed by atoms with E-state index in [2.05, 4.69) is 10.6 Å². The van der Waals surface area contributed by atoms with Gasteiger partial charge in [-0.1, -0.05) is 12.1 Å². The molecule has 2 unspecified atom stereocenters. The highest BCUT2D eigenvalue weighted by Crippen LogP contribution is 2.22. The monoisotopic (exact) mass is 375 g/mol. The van der Waals surface area contributed by atoms with Crippen molar-refractivity contribution in [3.63, 3.8) is 0 Å². The van der Waals surface area contributed by atoms with Crippen LogP contribution < -0.4 is 15.4 Å². The van der Waals surface area contributed by atoms with Crippen molar-refractivity contribution in [3.05, 3.63) is 29.8 Å². The zero-order chi connectivity index (χ0) is 20.0. The third-order valence-corrected chi connectivity index (χ3v) is 4.58. The van der Waals surface area contributed by atoms with Gasteiger partial charge in [-0.15, -0.1) is 0 Å². The molecule has 1 saturated heterocycles. The van der Waals surface area contributed by atoms with Crippen LogP contribution >= 0.6 is 0 Å². The molecule has 27 heavy (non-hydrogen) atoms. The second kappa shape index (κ2) is 9.62. The molecule has 0 bridgehead atoms. The molecular weight excluding hydrogens is 342 g/mol. The van der Waals surface area contributed by atoms with Crippen molar-refractivity contribution in [3.8, 4) is 5.75 Å². The van der Waals surface area contributed by atoms with Crippen molar-refractivity contribution in [2.45, 2.75) is 65.6 Å². The van der Waals surface area contributed by atoms with Gasteiger partial charge in [-0.25, -0.2) is 4.79 Å². The Morgan fingerprint density at radius 1 is 1.15 bits per heavy atom. The van der Waals surface area contributed by atoms with Crippen molar-refractivity contribution < 1.29 is 14.3 Å². The first kappa shape index (κ1) is 21.1. The molecule has 2 rings (SSSR count). The summed E-state index contributed by atoms with van der Waals surface area (Å²) >= 11 is 0. The molecule has 6 nitrogen and oxygen atoms in total. The molecule has 6 heteroatoms. The Balaban J connectivity index is 1.94. The second-order valence-corrected chi connectivity index (χ2v) is 7.86. The quantitative estimate of drug-likeness (QED) is 0.800. The molecule has 1 aromatic carbocycles. The van der Waals surface area contributed by atoms with E-state index in [4.69, 9.17) is 4.74 Å². The van der Waals surface area contributed by atoms with Gasteiger partial charge in [0.05, 0.1) is 18.1 Å². The SMILES string of the molecule is CC(C)NC(=O)N1CCCC(C(=O)NC(C)c2cccc(OC(C)C)c2)C1. The Morgan fingerprint density at radius 3 is 2.56 bits per heavy atom. The molecule has 0 aliphatic carbocycles. The zero-order valence-electron chi connectivity index (χ0n) is 17.1. The highest BCUT2D eigenvalue weighted by atomic mass is 16.5. The van der Waals surface area contributed by atoms with Gasteiger partial charge in [0.25, 0.3) is 0 Å². The fraction of sp³-hybridized carbons (Fsp3) is 0.619. The number of hydrogen-bond donors (Lipinski definition) is 2. The number of urea groups is 1. The third-order valence-electron chi connectivity index (χ3n) is 4.58. The van der Waals surface area contributed by atoms with Crippen LogP contribution in [-0.4, -0.2) is 42.1 Å². The predicted molar refractivity (Wildman–Crippen MR) is 107 cm³/mol. The summed E-state index contributed by atoms with van der Waals surface area (Å²) in [5, 5.41) is 6.00. The van der Waals surface area contributed by atoms with Gasteiger partial charge in [-0.05, 0) is 65.2 Å². The molecule has 1 heterocycles. The molecule has 2 atom stereocenters. The van der Waals surface area contributed by atoms with E-state index in [9.17, 15) is 9.59 Å². The molecule has 3 amide bonds. The largest absolute Gasteiger partial charge is 0.491 e. The Hall–Kier alpha value is -2.24. The van der Waals surface area contributed by atoms with Gasteiger partial charge in [0.15, 0.2) is 0 Å². The average molecular weight is 376 g/mol. The Kier molecular flexibility index (Phi) is 7.51. The van der Waals surface area contributed by atoms with Gasteiger partial charge in [-0.2, -0.15) is 0 Å². The maximum absolute atomic E-state index is 12.7. The number of rotatable bonds is 6. The standard InChI is InChI=1S/C21H33N3O3/c1-14(2)22-21(26)24-11-7-9-18(13-24)20(25)23-16(5)17-8-6-10-19(12-17)27-15(3)4/h6,8,10,12,14-16,18H,7,9,11,13H2,1-5H3,(H,22,26)(H,23,25). The lowest BCUT2D eigenvalue weighted by molar-refractivity contribution is -0.126. The lowest BCUT2D eigenvalue weighted by atomic mass is 9.96. The van der Waals surface area contributed by atoms with Crippen LogP contribution in [0.1, 0.15) is 59.1 Å². The molecule has 1 aliphatic heterocycles. The minimum atomic E-state index is -0.172. The highest BCUT2D eigenvalue weighted by molar-refractivity contribution is 5.81. The van der Waals surface area contributed by atoms with Crippen LogP contribution in [0.3, 0.4) is 0 Å². The number of piperidine rings is 1. The molecule has 1 aliphatic rings. The molecule has 150 valence electrons. The number of nitrogens with zero attached hydrogens (tertiary/aromatic N) is 1. The zero-order valence-corrected chi connectivity index (χ0v) is 17.1. The van der Waals surface area contributed by atoms with Gasteiger partial charge in [0.1, 0.15) is 5.75 Å². The molecule has 0 aromatic heterocycles. The number of likely N-dealkylation sites (tertiary alicyclic amines) is 1. The van der Waals surface area contributed by atoms with Crippen molar-refractivity contribution >= 4 is 11.9 Å². The van der Waals surface area contributed by atoms with E-state index in [1.807, 2.05) is 58.9 Å². The van der Waals surface area contributed by atoms with Crippen LogP contribution in [0.15, 0.2) is 24.3 Å². The first-order chi connectivity index (χ1) is 12.8. The van der Waals surface area contributed by atoms with E-state index in [0.29, 0.717) is 13.1 Å². The van der Waals surface area contributed by atoms with Gasteiger partial charge in [0.2, 0.25) is 5.91 Å². The fourth-order valence-electron chi connectivity index (χ4n) is 3.26. The molecule has 0 radical (unpaired) electrons. The minimum Gasteiger partial charge on any atom is -0.491 e. The predicted octanol–water partition coefficient (Wildman–Crippen LogP) is 3.48. The number of nitrogens with one attached hydrogen (secondary N) is 2. The van der Waals surface area contributed by atoms with Crippen LogP contribution in [0, 0.1) is 5.92 Å². The van der Waals surface area contributed by atoms with Gasteiger partial charge < -0.3 is 20.3 Å². The molecular formula is C21H33N3O3. The normalized spacial score (nSPS) is 18.3. The van der Waals surface area contributed by atoms with E-state index >= 15 is 0 Å². The van der Waals surface area contributed by atoms with Crippen LogP contribution in [-0.2, 0) is 4.79 Å². The number of ether oxygens (including phenoxy) is 1. The van der Waals surface area contributed by atoms with Crippen LogP contribution in [0.4, 0.5) is 4.79 Å². The summed E-state index contributed by atoms with van der Waals surface area (Å²) in [6.07, 6.45) is 1.76. The van der Waals surface area contributed by atoms with Gasteiger partial charge in [0, 0.05) is 19.1 Å². The van der Waals surface area contributed by atoms with Crippen LogP contribution in [0.25, 0.3) is 0 Å². The Bertz CT molecular complexity index is 645. The number of benzene rings is 1. The smallest absolute Gasteiger partial charge is 0.317 e. The van der Waals surface area contributed by atoms with Crippen LogP contribution in [0.5, 0.6) is 5.75 Å². The average Bonchev–Trinajstić information content (AvgIpc) is 2.61. The number of carbonyl (C=O) groups excluding carboxylic acids is 2. The Morgan fingerprint density at radius 2 is 1.89 bits per heavy atom. The fourth-order valence-corrected chi connectivity index (χ4v) is 3.26. The number of hydrogen-bond acceptors (Lipinski definition) is 3. The number of amides is 3. The second-order valence-electron chi connectivity index (χ2n) is 7.86. The molecule has 1 fully saturated rings. The lowest BCUT2D eigenvalue weighted by Gasteiger charge is -2.33. The summed E-state index contributed by atoms with van der Waals surface area (Å²) in [6, 6.07) is 7.70. The first-order valence-corrected chi connectivity index (χ1v) is 9.88. The van der Waals surface area contributed by atoms with Gasteiger partial charge in [-0.3, -0.25) is 4.79 Å². The van der Waals surface area contributed by atoms with E-state index in [1.165, 1.54) is 0 Å². The van der Waals surface area contributed by atoms with Crippen molar-refractivity contribution in [2.24, 2.45) is 5.92 Å². The number of carbonyl (C=O) groups is 2. The summed E-state index contributed by atoms with van der Waals surface area (Å²) in [6.45, 7) is 11.0. The first-order valence-electron chi connectivity index (χ1n) is 9.88. The van der Waals surface area contributed by atoms with Crippen molar-refractivity contribution in [1.29, 1.82) is 0 Å². The van der Waals surface area contributed by atoms with Crippen molar-refractivity contribution in [1.82, 2.24) is 15.5 Å². The maximum atomic E-state index is 12.7. The van der Waals surface area contributed by atoms with E-state index in [1.54, 1.807) is 4.90 Å². The summed E-state index contributed by atoms with van der Waals surface area (Å²) in [5.74, 6) is 0.631. The van der Waals surface area contributed by atoms with E-state index in [0.717, 1.165) is 24.2 Å².